The summed E-state index contributed by atoms with van der Waals surface area (Å²) in [6.45, 7) is 10.6. The Bertz CT molecular complexity index is 1060. The van der Waals surface area contributed by atoms with Crippen LogP contribution in [0, 0.1) is 52.3 Å². The molecule has 9 atom stereocenters. The van der Waals surface area contributed by atoms with Crippen molar-refractivity contribution in [1.82, 2.24) is 14.8 Å². The molecule has 33 heavy (non-hydrogen) atoms. The first-order valence-corrected chi connectivity index (χ1v) is 13.6. The van der Waals surface area contributed by atoms with Gasteiger partial charge in [-0.05, 0) is 97.3 Å². The summed E-state index contributed by atoms with van der Waals surface area (Å²) in [5.74, 6) is 5.60. The van der Waals surface area contributed by atoms with Crippen molar-refractivity contribution in [3.05, 3.63) is 24.7 Å². The van der Waals surface area contributed by atoms with Crippen molar-refractivity contribution in [1.29, 1.82) is 0 Å². The minimum absolute atomic E-state index is 0.166. The van der Waals surface area contributed by atoms with Crippen LogP contribution in [0.4, 0.5) is 0 Å². The molecule has 4 nitrogen and oxygen atoms in total. The molecular formula is C29H41N3O. The average Bonchev–Trinajstić information content (AvgIpc) is 3.36. The second-order valence-corrected chi connectivity index (χ2v) is 13.0. The number of ketones is 1. The molecule has 4 fully saturated rings. The van der Waals surface area contributed by atoms with E-state index in [1.54, 1.807) is 6.20 Å². The van der Waals surface area contributed by atoms with E-state index >= 15 is 0 Å². The molecule has 4 aliphatic carbocycles. The third-order valence-corrected chi connectivity index (χ3v) is 11.4. The maximum Gasteiger partial charge on any atom is 0.157 e. The number of hydrogen-bond acceptors (Lipinski definition) is 3. The number of carbonyl (C=O) groups excluding carboxylic acids is 1. The monoisotopic (exact) mass is 447 g/mol. The molecule has 2 heterocycles. The van der Waals surface area contributed by atoms with Crippen molar-refractivity contribution >= 4 is 16.7 Å². The van der Waals surface area contributed by atoms with Crippen molar-refractivity contribution in [2.24, 2.45) is 52.3 Å². The van der Waals surface area contributed by atoms with Crippen molar-refractivity contribution in [2.45, 2.75) is 85.6 Å². The van der Waals surface area contributed by atoms with E-state index < -0.39 is 0 Å². The highest BCUT2D eigenvalue weighted by atomic mass is 16.1. The Morgan fingerprint density at radius 3 is 2.67 bits per heavy atom. The van der Waals surface area contributed by atoms with Crippen molar-refractivity contribution in [2.75, 3.05) is 0 Å². The normalized spacial score (nSPS) is 44.8. The zero-order valence-electron chi connectivity index (χ0n) is 21.0. The lowest BCUT2D eigenvalue weighted by Gasteiger charge is -2.63. The zero-order chi connectivity index (χ0) is 23.0. The first-order chi connectivity index (χ1) is 15.8. The van der Waals surface area contributed by atoms with Gasteiger partial charge in [-0.1, -0.05) is 34.1 Å². The summed E-state index contributed by atoms with van der Waals surface area (Å²) >= 11 is 0. The van der Waals surface area contributed by atoms with Gasteiger partial charge in [0.25, 0.3) is 0 Å². The zero-order valence-corrected chi connectivity index (χ0v) is 21.0. The second kappa shape index (κ2) is 7.65. The molecule has 0 radical (unpaired) electrons. The van der Waals surface area contributed by atoms with E-state index in [4.69, 9.17) is 0 Å². The number of hydrogen-bond donors (Lipinski definition) is 0. The van der Waals surface area contributed by atoms with Crippen molar-refractivity contribution in [3.8, 4) is 0 Å². The third-order valence-electron chi connectivity index (χ3n) is 11.4. The van der Waals surface area contributed by atoms with Gasteiger partial charge in [0, 0.05) is 17.5 Å². The molecular weight excluding hydrogens is 406 g/mol. The molecule has 2 aromatic heterocycles. The largest absolute Gasteiger partial charge is 0.297 e. The lowest BCUT2D eigenvalue weighted by Crippen LogP contribution is -2.56. The fourth-order valence-electron chi connectivity index (χ4n) is 9.68. The Morgan fingerprint density at radius 2 is 1.82 bits per heavy atom. The van der Waals surface area contributed by atoms with Gasteiger partial charge in [-0.25, -0.2) is 0 Å². The highest BCUT2D eigenvalue weighted by Crippen LogP contribution is 2.69. The van der Waals surface area contributed by atoms with E-state index in [0.717, 1.165) is 46.9 Å². The number of nitrogens with zero attached hydrogens (tertiary/aromatic N) is 3. The summed E-state index contributed by atoms with van der Waals surface area (Å²) < 4.78 is 1.88. The maximum atomic E-state index is 13.7. The maximum absolute atomic E-state index is 13.7. The molecule has 4 saturated carbocycles. The van der Waals surface area contributed by atoms with Crippen LogP contribution in [0.5, 0.6) is 0 Å². The first kappa shape index (κ1) is 21.8. The molecule has 0 bridgehead atoms. The Morgan fingerprint density at radius 1 is 1.03 bits per heavy atom. The van der Waals surface area contributed by atoms with E-state index in [9.17, 15) is 4.79 Å². The van der Waals surface area contributed by atoms with Crippen LogP contribution in [-0.4, -0.2) is 20.5 Å². The summed E-state index contributed by atoms with van der Waals surface area (Å²) in [6, 6.07) is 1.97. The molecule has 0 aromatic carbocycles. The molecule has 4 heteroatoms. The highest BCUT2D eigenvalue weighted by Gasteiger charge is 2.62. The summed E-state index contributed by atoms with van der Waals surface area (Å²) in [6.07, 6.45) is 16.1. The second-order valence-electron chi connectivity index (χ2n) is 13.0. The van der Waals surface area contributed by atoms with Crippen LogP contribution in [0.15, 0.2) is 24.7 Å². The van der Waals surface area contributed by atoms with E-state index in [0.29, 0.717) is 23.7 Å². The molecule has 0 aliphatic heterocycles. The van der Waals surface area contributed by atoms with Gasteiger partial charge in [-0.2, -0.15) is 5.10 Å². The van der Waals surface area contributed by atoms with E-state index in [2.05, 4.69) is 37.8 Å². The van der Waals surface area contributed by atoms with Gasteiger partial charge in [0.05, 0.1) is 17.9 Å². The predicted molar refractivity (Wildman–Crippen MR) is 131 cm³/mol. The van der Waals surface area contributed by atoms with Crippen LogP contribution in [0.3, 0.4) is 0 Å². The SMILES string of the molecule is CC1CCC2(C)C(C1)C[C@H](C)C1C2CCC2(C)C1CC[C@@H]2C(=O)Cn1ncc2ccncc21. The van der Waals surface area contributed by atoms with Crippen molar-refractivity contribution < 1.29 is 4.79 Å². The Hall–Kier alpha value is -1.71. The van der Waals surface area contributed by atoms with Crippen LogP contribution in [0.25, 0.3) is 10.9 Å². The van der Waals surface area contributed by atoms with Gasteiger partial charge in [0.2, 0.25) is 0 Å². The van der Waals surface area contributed by atoms with Crippen LogP contribution in [0.1, 0.15) is 79.1 Å². The van der Waals surface area contributed by atoms with E-state index in [1.807, 2.05) is 23.1 Å². The lowest BCUT2D eigenvalue weighted by molar-refractivity contribution is -0.148. The number of fused-ring (bicyclic) bond motifs is 6. The summed E-state index contributed by atoms with van der Waals surface area (Å²) in [4.78, 5) is 18.0. The highest BCUT2D eigenvalue weighted by molar-refractivity contribution is 5.84. The molecule has 0 amide bonds. The van der Waals surface area contributed by atoms with Gasteiger partial charge in [0.1, 0.15) is 6.54 Å². The molecule has 7 unspecified atom stereocenters. The molecule has 4 aliphatic rings. The average molecular weight is 448 g/mol. The number of rotatable bonds is 3. The number of Topliss-reactive ketones (excluding diaryl/α,β-unsaturated/α-hetero) is 1. The molecule has 0 N–H and O–H groups in total. The summed E-state index contributed by atoms with van der Waals surface area (Å²) in [5, 5.41) is 5.59. The van der Waals surface area contributed by atoms with Gasteiger partial charge in [0.15, 0.2) is 5.78 Å². The third kappa shape index (κ3) is 3.18. The number of aromatic nitrogens is 3. The quantitative estimate of drug-likeness (QED) is 0.536. The topological polar surface area (TPSA) is 47.8 Å². The van der Waals surface area contributed by atoms with Crippen LogP contribution < -0.4 is 0 Å². The standard InChI is InChI=1S/C29H41N3O/c1-18-7-10-28(3)21(13-18)14-19(2)27-23-6-5-22(29(23,4)11-8-24(27)28)26(33)17-32-25-16-30-12-9-20(25)15-31-32/h9,12,15-16,18-19,21-24,27H,5-8,10-11,13-14,17H2,1-4H3/t18?,19-,21?,22+,23?,24?,27?,28?,29?/m0/s1. The molecule has 178 valence electrons. The van der Waals surface area contributed by atoms with Gasteiger partial charge in [-0.15, -0.1) is 0 Å². The van der Waals surface area contributed by atoms with Crippen LogP contribution in [-0.2, 0) is 11.3 Å². The summed E-state index contributed by atoms with van der Waals surface area (Å²) in [5.41, 5.74) is 1.67. The fraction of sp³-hybridized carbons (Fsp3) is 0.759. The minimum atomic E-state index is 0.166. The summed E-state index contributed by atoms with van der Waals surface area (Å²) in [7, 11) is 0. The molecule has 2 aromatic rings. The Labute approximate surface area is 198 Å². The van der Waals surface area contributed by atoms with Crippen molar-refractivity contribution in [3.63, 3.8) is 0 Å². The fourth-order valence-corrected chi connectivity index (χ4v) is 9.68. The van der Waals surface area contributed by atoms with Gasteiger partial charge < -0.3 is 0 Å². The predicted octanol–water partition coefficient (Wildman–Crippen LogP) is 6.54. The molecule has 0 spiro atoms. The Kier molecular flexibility index (Phi) is 5.05. The van der Waals surface area contributed by atoms with Crippen LogP contribution in [0.2, 0.25) is 0 Å². The van der Waals surface area contributed by atoms with E-state index in [-0.39, 0.29) is 11.3 Å². The smallest absolute Gasteiger partial charge is 0.157 e. The lowest BCUT2D eigenvalue weighted by atomic mass is 9.42. The molecule has 0 saturated heterocycles. The molecule has 6 rings (SSSR count). The number of pyridine rings is 1. The van der Waals surface area contributed by atoms with Gasteiger partial charge >= 0.3 is 0 Å². The Balaban J connectivity index is 1.25. The first-order valence-electron chi connectivity index (χ1n) is 13.6. The van der Waals surface area contributed by atoms with Gasteiger partial charge in [-0.3, -0.25) is 14.5 Å². The minimum Gasteiger partial charge on any atom is -0.297 e. The number of carbonyl (C=O) groups is 1. The van der Waals surface area contributed by atoms with Crippen LogP contribution >= 0.6 is 0 Å². The van der Waals surface area contributed by atoms with E-state index in [1.165, 1.54) is 44.9 Å².